The molecule has 3 rings (SSSR count). The summed E-state index contributed by atoms with van der Waals surface area (Å²) in [5.74, 6) is -1.06. The Morgan fingerprint density at radius 1 is 0.857 bits per heavy atom. The Kier molecular flexibility index (Phi) is 5.79. The van der Waals surface area contributed by atoms with Gasteiger partial charge in [0.15, 0.2) is 5.78 Å². The molecule has 0 radical (unpaired) electrons. The molecule has 2 N–H and O–H groups in total. The molecule has 0 bridgehead atoms. The Morgan fingerprint density at radius 3 is 2.43 bits per heavy atom. The SMILES string of the molecule is Cc1ccc(C(=O)CCC(=O)NNC(=O)c2ccc3ccccc3n2)cc1C. The maximum absolute atomic E-state index is 12.2. The number of hydrazine groups is 1. The molecular weight excluding hydrogens is 354 g/mol. The van der Waals surface area contributed by atoms with Gasteiger partial charge in [-0.2, -0.15) is 0 Å². The molecule has 0 saturated carbocycles. The van der Waals surface area contributed by atoms with Crippen molar-refractivity contribution in [3.8, 4) is 0 Å². The summed E-state index contributed by atoms with van der Waals surface area (Å²) in [5.41, 5.74) is 8.28. The number of hydrogen-bond acceptors (Lipinski definition) is 4. The standard InChI is InChI=1S/C22H21N3O3/c1-14-7-8-17(13-15(14)2)20(26)11-12-21(27)24-25-22(28)19-10-9-16-5-3-4-6-18(16)23-19/h3-10,13H,11-12H2,1-2H3,(H,24,27)(H,25,28). The average Bonchev–Trinajstić information content (AvgIpc) is 2.71. The largest absolute Gasteiger partial charge is 0.294 e. The van der Waals surface area contributed by atoms with Gasteiger partial charge in [0.2, 0.25) is 5.91 Å². The monoisotopic (exact) mass is 375 g/mol. The van der Waals surface area contributed by atoms with Crippen molar-refractivity contribution in [2.24, 2.45) is 0 Å². The zero-order valence-electron chi connectivity index (χ0n) is 15.8. The summed E-state index contributed by atoms with van der Waals surface area (Å²) >= 11 is 0. The number of carbonyl (C=O) groups excluding carboxylic acids is 3. The summed E-state index contributed by atoms with van der Waals surface area (Å²) in [6.07, 6.45) is 0.0512. The molecule has 0 fully saturated rings. The van der Waals surface area contributed by atoms with Gasteiger partial charge in [0.05, 0.1) is 5.52 Å². The molecule has 1 heterocycles. The summed E-state index contributed by atoms with van der Waals surface area (Å²) in [6.45, 7) is 3.92. The third-order valence-corrected chi connectivity index (χ3v) is 4.55. The van der Waals surface area contributed by atoms with Crippen LogP contribution in [0.25, 0.3) is 10.9 Å². The number of carbonyl (C=O) groups is 3. The lowest BCUT2D eigenvalue weighted by molar-refractivity contribution is -0.121. The Bertz CT molecular complexity index is 1060. The summed E-state index contributed by atoms with van der Waals surface area (Å²) in [4.78, 5) is 40.6. The number of fused-ring (bicyclic) bond motifs is 1. The van der Waals surface area contributed by atoms with Gasteiger partial charge in [-0.15, -0.1) is 0 Å². The van der Waals surface area contributed by atoms with Crippen molar-refractivity contribution in [3.63, 3.8) is 0 Å². The number of benzene rings is 2. The van der Waals surface area contributed by atoms with Crippen molar-refractivity contribution in [1.29, 1.82) is 0 Å². The van der Waals surface area contributed by atoms with Crippen LogP contribution in [0.1, 0.15) is 44.8 Å². The van der Waals surface area contributed by atoms with E-state index in [0.717, 1.165) is 16.5 Å². The highest BCUT2D eigenvalue weighted by Crippen LogP contribution is 2.13. The number of rotatable bonds is 5. The van der Waals surface area contributed by atoms with Gasteiger partial charge < -0.3 is 0 Å². The van der Waals surface area contributed by atoms with E-state index in [1.165, 1.54) is 0 Å². The van der Waals surface area contributed by atoms with Gasteiger partial charge in [0.25, 0.3) is 5.91 Å². The van der Waals surface area contributed by atoms with Gasteiger partial charge in [-0.05, 0) is 43.2 Å². The van der Waals surface area contributed by atoms with Gasteiger partial charge in [-0.1, -0.05) is 36.4 Å². The number of nitrogens with one attached hydrogen (secondary N) is 2. The Labute approximate surface area is 162 Å². The number of para-hydroxylation sites is 1. The van der Waals surface area contributed by atoms with Crippen LogP contribution in [0.3, 0.4) is 0 Å². The number of aromatic nitrogens is 1. The first-order chi connectivity index (χ1) is 13.4. The third-order valence-electron chi connectivity index (χ3n) is 4.55. The fourth-order valence-electron chi connectivity index (χ4n) is 2.73. The smallest absolute Gasteiger partial charge is 0.288 e. The molecular formula is C22H21N3O3. The van der Waals surface area contributed by atoms with Crippen LogP contribution in [0.2, 0.25) is 0 Å². The van der Waals surface area contributed by atoms with E-state index < -0.39 is 11.8 Å². The molecule has 0 aliphatic rings. The maximum Gasteiger partial charge on any atom is 0.288 e. The second-order valence-electron chi connectivity index (χ2n) is 6.61. The predicted octanol–water partition coefficient (Wildman–Crippen LogP) is 3.28. The highest BCUT2D eigenvalue weighted by Gasteiger charge is 2.12. The molecule has 2 aromatic carbocycles. The van der Waals surface area contributed by atoms with Crippen LogP contribution in [0, 0.1) is 13.8 Å². The number of nitrogens with zero attached hydrogens (tertiary/aromatic N) is 1. The van der Waals surface area contributed by atoms with E-state index in [4.69, 9.17) is 0 Å². The zero-order chi connectivity index (χ0) is 20.1. The molecule has 0 atom stereocenters. The van der Waals surface area contributed by atoms with E-state index in [2.05, 4.69) is 15.8 Å². The summed E-state index contributed by atoms with van der Waals surface area (Å²) in [7, 11) is 0. The van der Waals surface area contributed by atoms with Crippen LogP contribution in [-0.4, -0.2) is 22.6 Å². The first-order valence-electron chi connectivity index (χ1n) is 8.99. The van der Waals surface area contributed by atoms with E-state index in [1.54, 1.807) is 18.2 Å². The number of pyridine rings is 1. The minimum absolute atomic E-state index is 0.0167. The van der Waals surface area contributed by atoms with Crippen LogP contribution in [-0.2, 0) is 4.79 Å². The van der Waals surface area contributed by atoms with Gasteiger partial charge >= 0.3 is 0 Å². The normalized spacial score (nSPS) is 10.5. The van der Waals surface area contributed by atoms with E-state index in [-0.39, 0.29) is 24.3 Å². The van der Waals surface area contributed by atoms with Crippen molar-refractivity contribution in [2.45, 2.75) is 26.7 Å². The van der Waals surface area contributed by atoms with Crippen LogP contribution in [0.4, 0.5) is 0 Å². The lowest BCUT2D eigenvalue weighted by Gasteiger charge is -2.08. The van der Waals surface area contributed by atoms with E-state index in [9.17, 15) is 14.4 Å². The van der Waals surface area contributed by atoms with E-state index in [0.29, 0.717) is 11.1 Å². The Balaban J connectivity index is 1.51. The minimum atomic E-state index is -0.514. The molecule has 6 nitrogen and oxygen atoms in total. The molecule has 6 heteroatoms. The number of aryl methyl sites for hydroxylation is 2. The molecule has 0 aliphatic heterocycles. The van der Waals surface area contributed by atoms with Crippen molar-refractivity contribution >= 4 is 28.5 Å². The molecule has 0 unspecified atom stereocenters. The Morgan fingerprint density at radius 2 is 1.64 bits per heavy atom. The van der Waals surface area contributed by atoms with Crippen LogP contribution >= 0.6 is 0 Å². The minimum Gasteiger partial charge on any atom is -0.294 e. The number of ketones is 1. The number of hydrogen-bond donors (Lipinski definition) is 2. The first-order valence-corrected chi connectivity index (χ1v) is 8.99. The highest BCUT2D eigenvalue weighted by molar-refractivity contribution is 5.99. The van der Waals surface area contributed by atoms with Crippen molar-refractivity contribution in [2.75, 3.05) is 0 Å². The Hall–Kier alpha value is -3.54. The fraction of sp³-hybridized carbons (Fsp3) is 0.182. The van der Waals surface area contributed by atoms with Crippen LogP contribution in [0.15, 0.2) is 54.6 Å². The van der Waals surface area contributed by atoms with E-state index in [1.807, 2.05) is 50.2 Å². The number of Topliss-reactive ketones (excluding diaryl/α,β-unsaturated/α-hetero) is 1. The predicted molar refractivity (Wildman–Crippen MR) is 107 cm³/mol. The second-order valence-corrected chi connectivity index (χ2v) is 6.61. The summed E-state index contributed by atoms with van der Waals surface area (Å²) in [6, 6.07) is 16.3. The molecule has 0 spiro atoms. The summed E-state index contributed by atoms with van der Waals surface area (Å²) < 4.78 is 0. The topological polar surface area (TPSA) is 88.2 Å². The van der Waals surface area contributed by atoms with Crippen molar-refractivity contribution < 1.29 is 14.4 Å². The molecule has 142 valence electrons. The lowest BCUT2D eigenvalue weighted by Crippen LogP contribution is -2.42. The van der Waals surface area contributed by atoms with Gasteiger partial charge in [-0.3, -0.25) is 25.2 Å². The molecule has 2 amide bonds. The average molecular weight is 375 g/mol. The lowest BCUT2D eigenvalue weighted by atomic mass is 10.0. The zero-order valence-corrected chi connectivity index (χ0v) is 15.8. The maximum atomic E-state index is 12.2. The quantitative estimate of drug-likeness (QED) is 0.529. The van der Waals surface area contributed by atoms with Crippen LogP contribution < -0.4 is 10.9 Å². The third kappa shape index (κ3) is 4.59. The van der Waals surface area contributed by atoms with Gasteiger partial charge in [0.1, 0.15) is 5.69 Å². The number of amides is 2. The molecule has 0 aliphatic carbocycles. The molecule has 28 heavy (non-hydrogen) atoms. The van der Waals surface area contributed by atoms with Crippen molar-refractivity contribution in [1.82, 2.24) is 15.8 Å². The first kappa shape index (κ1) is 19.2. The van der Waals surface area contributed by atoms with Gasteiger partial charge in [0, 0.05) is 23.8 Å². The second kappa shape index (κ2) is 8.43. The molecule has 1 aromatic heterocycles. The fourth-order valence-corrected chi connectivity index (χ4v) is 2.73. The summed E-state index contributed by atoms with van der Waals surface area (Å²) in [5, 5.41) is 0.924. The van der Waals surface area contributed by atoms with Crippen molar-refractivity contribution in [3.05, 3.63) is 77.0 Å². The van der Waals surface area contributed by atoms with Crippen LogP contribution in [0.5, 0.6) is 0 Å². The van der Waals surface area contributed by atoms with E-state index >= 15 is 0 Å². The molecule has 3 aromatic rings. The molecule has 0 saturated heterocycles. The highest BCUT2D eigenvalue weighted by atomic mass is 16.2. The van der Waals surface area contributed by atoms with Gasteiger partial charge in [-0.25, -0.2) is 4.98 Å².